The molecule has 1 N–H and O–H groups in total. The van der Waals surface area contributed by atoms with Crippen LogP contribution in [0.1, 0.15) is 30.7 Å². The molecule has 2 aromatic carbocycles. The van der Waals surface area contributed by atoms with Gasteiger partial charge in [-0.3, -0.25) is 4.79 Å². The van der Waals surface area contributed by atoms with Gasteiger partial charge in [-0.25, -0.2) is 4.98 Å². The molecule has 1 aliphatic carbocycles. The van der Waals surface area contributed by atoms with Crippen LogP contribution in [0.5, 0.6) is 0 Å². The van der Waals surface area contributed by atoms with Gasteiger partial charge in [0.25, 0.3) is 5.89 Å². The largest absolute Gasteiger partial charge is 0.334 e. The van der Waals surface area contributed by atoms with Crippen LogP contribution in [0.3, 0.4) is 0 Å². The molecular formula is C22H18N4O2S. The number of carbonyl (C=O) groups is 1. The molecule has 1 saturated carbocycles. The smallest absolute Gasteiger partial charge is 0.258 e. The van der Waals surface area contributed by atoms with Crippen LogP contribution in [0.15, 0.2) is 58.4 Å². The number of carbonyl (C=O) groups excluding carboxylic acids is 1. The van der Waals surface area contributed by atoms with Crippen LogP contribution < -0.4 is 5.32 Å². The third kappa shape index (κ3) is 3.82. The van der Waals surface area contributed by atoms with E-state index in [1.807, 2.05) is 48.5 Å². The van der Waals surface area contributed by atoms with Crippen LogP contribution in [0.2, 0.25) is 0 Å². The van der Waals surface area contributed by atoms with E-state index in [0.717, 1.165) is 22.4 Å². The van der Waals surface area contributed by atoms with Crippen molar-refractivity contribution in [3.8, 4) is 34.1 Å². The molecule has 2 aromatic heterocycles. The molecule has 29 heavy (non-hydrogen) atoms. The van der Waals surface area contributed by atoms with Crippen LogP contribution in [0.25, 0.3) is 34.1 Å². The molecule has 7 heteroatoms. The van der Waals surface area contributed by atoms with Gasteiger partial charge in [-0.1, -0.05) is 29.4 Å². The lowest BCUT2D eigenvalue weighted by molar-refractivity contribution is -0.114. The summed E-state index contributed by atoms with van der Waals surface area (Å²) in [6.07, 6.45) is 2.50. The molecule has 6 nitrogen and oxygen atoms in total. The molecule has 0 aliphatic heterocycles. The van der Waals surface area contributed by atoms with Gasteiger partial charge in [0, 0.05) is 40.6 Å². The summed E-state index contributed by atoms with van der Waals surface area (Å²) in [5.74, 6) is 1.45. The van der Waals surface area contributed by atoms with Crippen LogP contribution >= 0.6 is 11.3 Å². The third-order valence-electron chi connectivity index (χ3n) is 4.72. The highest BCUT2D eigenvalue weighted by Crippen LogP contribution is 2.42. The molecule has 0 spiro atoms. The fourth-order valence-electron chi connectivity index (χ4n) is 3.15. The molecule has 1 amide bonds. The lowest BCUT2D eigenvalue weighted by Crippen LogP contribution is -2.05. The predicted octanol–water partition coefficient (Wildman–Crippen LogP) is 5.36. The Morgan fingerprint density at radius 1 is 1.07 bits per heavy atom. The second-order valence-corrected chi connectivity index (χ2v) is 8.00. The fraction of sp³-hybridized carbons (Fsp3) is 0.182. The Labute approximate surface area is 171 Å². The number of thiazole rings is 1. The van der Waals surface area contributed by atoms with Gasteiger partial charge >= 0.3 is 0 Å². The van der Waals surface area contributed by atoms with Gasteiger partial charge in [-0.15, -0.1) is 11.3 Å². The minimum absolute atomic E-state index is 0.128. The molecule has 144 valence electrons. The Morgan fingerprint density at radius 2 is 1.86 bits per heavy atom. The van der Waals surface area contributed by atoms with E-state index in [-0.39, 0.29) is 5.91 Å². The Balaban J connectivity index is 1.42. The van der Waals surface area contributed by atoms with E-state index in [9.17, 15) is 4.79 Å². The number of nitrogens with one attached hydrogen (secondary N) is 1. The van der Waals surface area contributed by atoms with Gasteiger partial charge in [-0.2, -0.15) is 4.98 Å². The first-order valence-corrected chi connectivity index (χ1v) is 10.3. The molecule has 1 aliphatic rings. The maximum atomic E-state index is 11.3. The third-order valence-corrected chi connectivity index (χ3v) is 5.73. The maximum absolute atomic E-state index is 11.3. The molecule has 4 aromatic rings. The number of nitrogens with zero attached hydrogens (tertiary/aromatic N) is 3. The van der Waals surface area contributed by atoms with Crippen molar-refractivity contribution in [1.29, 1.82) is 0 Å². The summed E-state index contributed by atoms with van der Waals surface area (Å²) in [5, 5.41) is 10.2. The predicted molar refractivity (Wildman–Crippen MR) is 113 cm³/mol. The first-order valence-electron chi connectivity index (χ1n) is 9.44. The summed E-state index contributed by atoms with van der Waals surface area (Å²) in [6.45, 7) is 1.47. The van der Waals surface area contributed by atoms with Crippen molar-refractivity contribution in [1.82, 2.24) is 15.1 Å². The molecule has 0 saturated heterocycles. The van der Waals surface area contributed by atoms with Crippen molar-refractivity contribution in [3.05, 3.63) is 58.9 Å². The van der Waals surface area contributed by atoms with Gasteiger partial charge in [-0.05, 0) is 37.1 Å². The van der Waals surface area contributed by atoms with Gasteiger partial charge in [0.2, 0.25) is 11.7 Å². The van der Waals surface area contributed by atoms with Crippen molar-refractivity contribution < 1.29 is 9.32 Å². The maximum Gasteiger partial charge on any atom is 0.258 e. The van der Waals surface area contributed by atoms with E-state index < -0.39 is 0 Å². The van der Waals surface area contributed by atoms with Crippen molar-refractivity contribution in [2.75, 3.05) is 5.32 Å². The molecule has 1 fully saturated rings. The Bertz CT molecular complexity index is 1190. The lowest BCUT2D eigenvalue weighted by atomic mass is 10.1. The van der Waals surface area contributed by atoms with Crippen LogP contribution in [-0.4, -0.2) is 21.0 Å². The number of aromatic nitrogens is 3. The molecule has 0 unspecified atom stereocenters. The van der Waals surface area contributed by atoms with Crippen LogP contribution in [-0.2, 0) is 4.79 Å². The molecule has 0 atom stereocenters. The zero-order valence-corrected chi connectivity index (χ0v) is 16.6. The van der Waals surface area contributed by atoms with Crippen LogP contribution in [0.4, 0.5) is 5.69 Å². The quantitative estimate of drug-likeness (QED) is 0.486. The summed E-state index contributed by atoms with van der Waals surface area (Å²) in [7, 11) is 0. The van der Waals surface area contributed by atoms with Gasteiger partial charge in [0.1, 0.15) is 0 Å². The number of hydrogen-bond acceptors (Lipinski definition) is 6. The van der Waals surface area contributed by atoms with Crippen molar-refractivity contribution in [2.24, 2.45) is 0 Å². The van der Waals surface area contributed by atoms with E-state index >= 15 is 0 Å². The van der Waals surface area contributed by atoms with Gasteiger partial charge in [0.05, 0.1) is 10.7 Å². The number of benzene rings is 2. The van der Waals surface area contributed by atoms with Gasteiger partial charge < -0.3 is 9.84 Å². The number of anilines is 1. The zero-order chi connectivity index (χ0) is 19.8. The summed E-state index contributed by atoms with van der Waals surface area (Å²) in [4.78, 5) is 20.6. The van der Waals surface area contributed by atoms with Crippen molar-refractivity contribution in [3.63, 3.8) is 0 Å². The summed E-state index contributed by atoms with van der Waals surface area (Å²) < 4.78 is 5.47. The number of rotatable bonds is 5. The van der Waals surface area contributed by atoms with Crippen molar-refractivity contribution in [2.45, 2.75) is 25.7 Å². The van der Waals surface area contributed by atoms with E-state index in [1.165, 1.54) is 24.8 Å². The average Bonchev–Trinajstić information content (AvgIpc) is 3.26. The minimum Gasteiger partial charge on any atom is -0.334 e. The highest BCUT2D eigenvalue weighted by Gasteiger charge is 2.26. The Kier molecular flexibility index (Phi) is 4.44. The molecule has 2 heterocycles. The standard InChI is InChI=1S/C22H18N4O2S/c1-13(27)23-18-7-3-6-17(11-18)21-25-20(26-28-21)16-5-2-4-15(10-16)19-12-29-22(24-19)14-8-9-14/h2-7,10-12,14H,8-9H2,1H3,(H,23,27). The molecular weight excluding hydrogens is 384 g/mol. The molecule has 0 bridgehead atoms. The first-order chi connectivity index (χ1) is 14.2. The zero-order valence-electron chi connectivity index (χ0n) is 15.8. The topological polar surface area (TPSA) is 80.9 Å². The number of amides is 1. The minimum atomic E-state index is -0.128. The summed E-state index contributed by atoms with van der Waals surface area (Å²) in [5.41, 5.74) is 4.35. The molecule has 5 rings (SSSR count). The second-order valence-electron chi connectivity index (χ2n) is 7.11. The SMILES string of the molecule is CC(=O)Nc1cccc(-c2nc(-c3cccc(-c4csc(C5CC5)n4)c3)no2)c1. The van der Waals surface area contributed by atoms with E-state index in [0.29, 0.717) is 23.3 Å². The fourth-order valence-corrected chi connectivity index (χ4v) is 4.15. The average molecular weight is 402 g/mol. The number of hydrogen-bond donors (Lipinski definition) is 1. The highest BCUT2D eigenvalue weighted by atomic mass is 32.1. The van der Waals surface area contributed by atoms with E-state index in [2.05, 4.69) is 20.8 Å². The highest BCUT2D eigenvalue weighted by molar-refractivity contribution is 7.10. The lowest BCUT2D eigenvalue weighted by Gasteiger charge is -2.02. The van der Waals surface area contributed by atoms with Crippen molar-refractivity contribution >= 4 is 22.9 Å². The molecule has 0 radical (unpaired) electrons. The second kappa shape index (κ2) is 7.25. The Hall–Kier alpha value is -3.32. The van der Waals surface area contributed by atoms with E-state index in [4.69, 9.17) is 9.51 Å². The summed E-state index contributed by atoms with van der Waals surface area (Å²) >= 11 is 1.73. The Morgan fingerprint density at radius 3 is 2.69 bits per heavy atom. The summed E-state index contributed by atoms with van der Waals surface area (Å²) in [6, 6.07) is 15.4. The first kappa shape index (κ1) is 17.8. The van der Waals surface area contributed by atoms with E-state index in [1.54, 1.807) is 11.3 Å². The van der Waals surface area contributed by atoms with Gasteiger partial charge in [0.15, 0.2) is 0 Å². The monoisotopic (exact) mass is 402 g/mol. The normalized spacial score (nSPS) is 13.4. The van der Waals surface area contributed by atoms with Crippen LogP contribution in [0, 0.1) is 0 Å².